The highest BCUT2D eigenvalue weighted by molar-refractivity contribution is 6.06. The van der Waals surface area contributed by atoms with Crippen LogP contribution in [0, 0.1) is 18.6 Å². The Labute approximate surface area is 119 Å². The Kier molecular flexibility index (Phi) is 3.17. The Bertz CT molecular complexity index is 839. The molecular weight excluding hydrogens is 274 g/mol. The molecule has 0 unspecified atom stereocenters. The molecule has 0 aliphatic carbocycles. The summed E-state index contributed by atoms with van der Waals surface area (Å²) in [4.78, 5) is 15.2. The van der Waals surface area contributed by atoms with Crippen molar-refractivity contribution < 1.29 is 13.6 Å². The van der Waals surface area contributed by atoms with Gasteiger partial charge in [-0.1, -0.05) is 6.07 Å². The fourth-order valence-corrected chi connectivity index (χ4v) is 2.15. The van der Waals surface area contributed by atoms with E-state index in [-0.39, 0.29) is 5.56 Å². The van der Waals surface area contributed by atoms with Crippen LogP contribution in [-0.4, -0.2) is 10.9 Å². The van der Waals surface area contributed by atoms with Gasteiger partial charge in [0.15, 0.2) is 5.82 Å². The van der Waals surface area contributed by atoms with Crippen molar-refractivity contribution in [3.63, 3.8) is 0 Å². The van der Waals surface area contributed by atoms with Gasteiger partial charge in [-0.15, -0.1) is 0 Å². The molecule has 1 amide bonds. The van der Waals surface area contributed by atoms with E-state index in [0.29, 0.717) is 5.56 Å². The average molecular weight is 286 g/mol. The fraction of sp³-hybridized carbons (Fsp3) is 0.0625. The lowest BCUT2D eigenvalue weighted by Gasteiger charge is -2.09. The lowest BCUT2D eigenvalue weighted by molar-refractivity contribution is 0.102. The number of aromatic nitrogens is 1. The maximum absolute atomic E-state index is 13.9. The molecule has 0 saturated heterocycles. The van der Waals surface area contributed by atoms with Gasteiger partial charge in [-0.05, 0) is 42.8 Å². The Balaban J connectivity index is 1.94. The number of aromatic amines is 1. The van der Waals surface area contributed by atoms with Crippen molar-refractivity contribution in [1.29, 1.82) is 0 Å². The number of benzene rings is 2. The van der Waals surface area contributed by atoms with Crippen molar-refractivity contribution in [3.8, 4) is 0 Å². The van der Waals surface area contributed by atoms with Crippen LogP contribution in [0.15, 0.2) is 42.6 Å². The van der Waals surface area contributed by atoms with Crippen LogP contribution in [0.4, 0.5) is 14.5 Å². The van der Waals surface area contributed by atoms with Gasteiger partial charge in [0.05, 0.1) is 0 Å². The van der Waals surface area contributed by atoms with Gasteiger partial charge in [0.1, 0.15) is 11.5 Å². The number of fused-ring (bicyclic) bond motifs is 1. The Hall–Kier alpha value is -2.69. The smallest absolute Gasteiger partial charge is 0.255 e. The molecular formula is C16H12F2N2O. The summed E-state index contributed by atoms with van der Waals surface area (Å²) in [6.45, 7) is 1.51. The number of anilines is 1. The third-order valence-corrected chi connectivity index (χ3v) is 3.34. The number of nitrogens with one attached hydrogen (secondary N) is 2. The molecule has 0 saturated carbocycles. The Morgan fingerprint density at radius 1 is 1.14 bits per heavy atom. The average Bonchev–Trinajstić information content (AvgIpc) is 2.94. The van der Waals surface area contributed by atoms with Crippen LogP contribution in [0.1, 0.15) is 15.9 Å². The second-order valence-electron chi connectivity index (χ2n) is 4.79. The van der Waals surface area contributed by atoms with E-state index in [1.54, 1.807) is 24.4 Å². The minimum atomic E-state index is -0.797. The van der Waals surface area contributed by atoms with Crippen molar-refractivity contribution in [2.45, 2.75) is 6.92 Å². The number of carbonyl (C=O) groups is 1. The quantitative estimate of drug-likeness (QED) is 0.734. The fourth-order valence-electron chi connectivity index (χ4n) is 2.15. The van der Waals surface area contributed by atoms with Crippen LogP contribution < -0.4 is 5.32 Å². The minimum absolute atomic E-state index is 0.271. The maximum atomic E-state index is 13.9. The number of H-pyrrole nitrogens is 1. The first-order valence-corrected chi connectivity index (χ1v) is 6.39. The van der Waals surface area contributed by atoms with E-state index in [1.807, 2.05) is 6.07 Å². The molecule has 0 atom stereocenters. The van der Waals surface area contributed by atoms with Crippen LogP contribution in [0.5, 0.6) is 0 Å². The van der Waals surface area contributed by atoms with Crippen molar-refractivity contribution >= 4 is 22.5 Å². The number of hydrogen-bond acceptors (Lipinski definition) is 1. The van der Waals surface area contributed by atoms with Gasteiger partial charge in [0.2, 0.25) is 0 Å². The predicted octanol–water partition coefficient (Wildman–Crippen LogP) is 4.01. The molecule has 3 aromatic rings. The lowest BCUT2D eigenvalue weighted by atomic mass is 10.1. The third-order valence-electron chi connectivity index (χ3n) is 3.34. The summed E-state index contributed by atoms with van der Waals surface area (Å²) in [6, 6.07) is 9.27. The van der Waals surface area contributed by atoms with Crippen LogP contribution >= 0.6 is 0 Å². The topological polar surface area (TPSA) is 44.9 Å². The van der Waals surface area contributed by atoms with Crippen molar-refractivity contribution in [1.82, 2.24) is 4.98 Å². The van der Waals surface area contributed by atoms with Gasteiger partial charge < -0.3 is 10.3 Å². The summed E-state index contributed by atoms with van der Waals surface area (Å²) in [5.41, 5.74) is 1.07. The van der Waals surface area contributed by atoms with Gasteiger partial charge in [-0.25, -0.2) is 8.78 Å². The van der Waals surface area contributed by atoms with Gasteiger partial charge in [-0.3, -0.25) is 4.79 Å². The molecule has 3 rings (SSSR count). The van der Waals surface area contributed by atoms with Gasteiger partial charge in [-0.2, -0.15) is 0 Å². The molecule has 1 heterocycles. The zero-order valence-electron chi connectivity index (χ0n) is 11.2. The molecule has 0 radical (unpaired) electrons. The zero-order chi connectivity index (χ0) is 15.0. The highest BCUT2D eigenvalue weighted by Crippen LogP contribution is 2.23. The summed E-state index contributed by atoms with van der Waals surface area (Å²) in [6.07, 6.45) is 1.76. The molecule has 0 fully saturated rings. The Morgan fingerprint density at radius 3 is 2.76 bits per heavy atom. The summed E-state index contributed by atoms with van der Waals surface area (Å²) in [5, 5.41) is 3.15. The van der Waals surface area contributed by atoms with Crippen LogP contribution in [0.25, 0.3) is 10.9 Å². The highest BCUT2D eigenvalue weighted by Gasteiger charge is 2.15. The van der Waals surface area contributed by atoms with Crippen LogP contribution in [0.3, 0.4) is 0 Å². The number of carbonyl (C=O) groups excluding carboxylic acids is 1. The molecule has 0 spiro atoms. The lowest BCUT2D eigenvalue weighted by Crippen LogP contribution is -2.14. The second-order valence-corrected chi connectivity index (χ2v) is 4.79. The summed E-state index contributed by atoms with van der Waals surface area (Å²) in [7, 11) is 0. The van der Waals surface area contributed by atoms with Crippen LogP contribution in [0.2, 0.25) is 0 Å². The molecule has 106 valence electrons. The second kappa shape index (κ2) is 5.01. The SMILES string of the molecule is Cc1ccc(F)c(NC(=O)c2ccc3[nH]ccc3c2)c1F. The first-order valence-electron chi connectivity index (χ1n) is 6.39. The van der Waals surface area contributed by atoms with Gasteiger partial charge >= 0.3 is 0 Å². The van der Waals surface area contributed by atoms with E-state index in [2.05, 4.69) is 10.3 Å². The number of aryl methyl sites for hydroxylation is 1. The molecule has 3 nitrogen and oxygen atoms in total. The van der Waals surface area contributed by atoms with E-state index in [4.69, 9.17) is 0 Å². The monoisotopic (exact) mass is 286 g/mol. The van der Waals surface area contributed by atoms with Gasteiger partial charge in [0, 0.05) is 22.7 Å². The van der Waals surface area contributed by atoms with E-state index in [9.17, 15) is 13.6 Å². The zero-order valence-corrected chi connectivity index (χ0v) is 11.2. The summed E-state index contributed by atoms with van der Waals surface area (Å²) in [5.74, 6) is -2.11. The molecule has 0 aliphatic heterocycles. The number of rotatable bonds is 2. The van der Waals surface area contributed by atoms with E-state index in [0.717, 1.165) is 17.0 Å². The number of amides is 1. The number of hydrogen-bond donors (Lipinski definition) is 2. The maximum Gasteiger partial charge on any atom is 0.255 e. The standard InChI is InChI=1S/C16H12F2N2O/c1-9-2-4-12(17)15(14(9)18)20-16(21)11-3-5-13-10(8-11)6-7-19-13/h2-8,19H,1H3,(H,20,21). The molecule has 0 aliphatic rings. The normalized spacial score (nSPS) is 10.8. The number of halogens is 2. The van der Waals surface area contributed by atoms with Crippen molar-refractivity contribution in [2.24, 2.45) is 0 Å². The molecule has 1 aromatic heterocycles. The van der Waals surface area contributed by atoms with Crippen LogP contribution in [-0.2, 0) is 0 Å². The predicted molar refractivity (Wildman–Crippen MR) is 77.3 cm³/mol. The summed E-state index contributed by atoms with van der Waals surface area (Å²) < 4.78 is 27.5. The summed E-state index contributed by atoms with van der Waals surface area (Å²) >= 11 is 0. The molecule has 5 heteroatoms. The first-order chi connectivity index (χ1) is 10.1. The third kappa shape index (κ3) is 2.38. The molecule has 2 aromatic carbocycles. The largest absolute Gasteiger partial charge is 0.361 e. The first kappa shape index (κ1) is 13.3. The molecule has 0 bridgehead atoms. The molecule has 2 N–H and O–H groups in total. The van der Waals surface area contributed by atoms with E-state index < -0.39 is 23.2 Å². The van der Waals surface area contributed by atoms with Gasteiger partial charge in [0.25, 0.3) is 5.91 Å². The molecule has 21 heavy (non-hydrogen) atoms. The van der Waals surface area contributed by atoms with E-state index >= 15 is 0 Å². The minimum Gasteiger partial charge on any atom is -0.361 e. The van der Waals surface area contributed by atoms with Crippen molar-refractivity contribution in [3.05, 3.63) is 65.4 Å². The highest BCUT2D eigenvalue weighted by atomic mass is 19.1. The van der Waals surface area contributed by atoms with E-state index in [1.165, 1.54) is 13.0 Å². The van der Waals surface area contributed by atoms with Crippen molar-refractivity contribution in [2.75, 3.05) is 5.32 Å². The Morgan fingerprint density at radius 2 is 1.95 bits per heavy atom.